The van der Waals surface area contributed by atoms with Gasteiger partial charge in [-0.25, -0.2) is 4.79 Å². The Morgan fingerprint density at radius 3 is 2.88 bits per heavy atom. The maximum atomic E-state index is 10.7. The zero-order chi connectivity index (χ0) is 12.0. The maximum absolute atomic E-state index is 10.7. The van der Waals surface area contributed by atoms with Gasteiger partial charge in [-0.05, 0) is 36.3 Å². The highest BCUT2D eigenvalue weighted by atomic mass is 79.9. The molecule has 0 fully saturated rings. The molecule has 0 saturated carbocycles. The zero-order valence-corrected chi connectivity index (χ0v) is 10.8. The molecule has 1 aromatic carbocycles. The molecule has 0 amide bonds. The molecular weight excluding hydrogens is 272 g/mol. The van der Waals surface area contributed by atoms with Crippen LogP contribution in [0.25, 0.3) is 5.57 Å². The first-order valence-corrected chi connectivity index (χ1v) is 5.56. The second kappa shape index (κ2) is 6.33. The largest absolute Gasteiger partial charge is 0.508 e. The minimum atomic E-state index is -0.668. The monoisotopic (exact) mass is 284 g/mol. The lowest BCUT2D eigenvalue weighted by molar-refractivity contribution is 0.0819. The topological polar surface area (TPSA) is 35.5 Å². The molecule has 1 rings (SSSR count). The predicted octanol–water partition coefficient (Wildman–Crippen LogP) is 3.64. The van der Waals surface area contributed by atoms with Crippen LogP contribution in [0, 0.1) is 0 Å². The summed E-state index contributed by atoms with van der Waals surface area (Å²) in [6, 6.07) is 7.92. The molecule has 0 radical (unpaired) electrons. The summed E-state index contributed by atoms with van der Waals surface area (Å²) in [6.07, 6.45) is 1.16. The molecule has 4 heteroatoms. The molecule has 0 unspecified atom stereocenters. The van der Waals surface area contributed by atoms with E-state index in [1.165, 1.54) is 7.11 Å². The first-order valence-electron chi connectivity index (χ1n) is 4.77. The van der Waals surface area contributed by atoms with E-state index in [9.17, 15) is 4.79 Å². The Kier molecular flexibility index (Phi) is 5.05. The molecule has 0 atom stereocenters. The number of allylic oxidation sites excluding steroid dienone is 1. The van der Waals surface area contributed by atoms with Crippen LogP contribution in [0.4, 0.5) is 4.79 Å². The average molecular weight is 285 g/mol. The molecule has 0 aliphatic heterocycles. The van der Waals surface area contributed by atoms with E-state index in [2.05, 4.69) is 20.7 Å². The fourth-order valence-electron chi connectivity index (χ4n) is 1.15. The number of carbonyl (C=O) groups excluding carboxylic acids is 1. The molecule has 86 valence electrons. The Balaban J connectivity index is 2.60. The normalized spacial score (nSPS) is 11.1. The number of rotatable bonds is 3. The van der Waals surface area contributed by atoms with Crippen molar-refractivity contribution < 1.29 is 14.3 Å². The Hall–Kier alpha value is -1.29. The van der Waals surface area contributed by atoms with Crippen LogP contribution in [0.1, 0.15) is 12.5 Å². The summed E-state index contributed by atoms with van der Waals surface area (Å²) < 4.78 is 10.1. The summed E-state index contributed by atoms with van der Waals surface area (Å²) in [7, 11) is 1.28. The van der Waals surface area contributed by atoms with Gasteiger partial charge < -0.3 is 9.47 Å². The van der Waals surface area contributed by atoms with Crippen LogP contribution in [0.15, 0.2) is 34.8 Å². The van der Waals surface area contributed by atoms with Gasteiger partial charge in [0, 0.05) is 4.47 Å². The van der Waals surface area contributed by atoms with E-state index in [1.54, 1.807) is 0 Å². The van der Waals surface area contributed by atoms with Gasteiger partial charge in [-0.2, -0.15) is 0 Å². The smallest absolute Gasteiger partial charge is 0.438 e. The van der Waals surface area contributed by atoms with Crippen LogP contribution in [-0.2, 0) is 9.47 Å². The van der Waals surface area contributed by atoms with Gasteiger partial charge in [0.05, 0.1) is 7.11 Å². The maximum Gasteiger partial charge on any atom is 0.508 e. The van der Waals surface area contributed by atoms with E-state index in [-0.39, 0.29) is 6.61 Å². The SMILES string of the molecule is COC(=O)OCC=C(C)c1cccc(Br)c1. The third-order valence-corrected chi connectivity index (χ3v) is 2.53. The van der Waals surface area contributed by atoms with Crippen molar-refractivity contribution in [2.45, 2.75) is 6.92 Å². The lowest BCUT2D eigenvalue weighted by atomic mass is 10.1. The van der Waals surface area contributed by atoms with Crippen LogP contribution in [0.2, 0.25) is 0 Å². The molecule has 3 nitrogen and oxygen atoms in total. The van der Waals surface area contributed by atoms with E-state index in [0.29, 0.717) is 0 Å². The van der Waals surface area contributed by atoms with E-state index in [0.717, 1.165) is 15.6 Å². The molecule has 0 aromatic heterocycles. The summed E-state index contributed by atoms with van der Waals surface area (Å²) >= 11 is 3.40. The van der Waals surface area contributed by atoms with Crippen LogP contribution in [0.5, 0.6) is 0 Å². The number of hydrogen-bond acceptors (Lipinski definition) is 3. The third-order valence-electron chi connectivity index (χ3n) is 2.04. The third kappa shape index (κ3) is 4.06. The Bertz CT molecular complexity index is 399. The van der Waals surface area contributed by atoms with E-state index >= 15 is 0 Å². The van der Waals surface area contributed by atoms with Gasteiger partial charge in [-0.15, -0.1) is 0 Å². The molecular formula is C12H13BrO3. The van der Waals surface area contributed by atoms with Gasteiger partial charge in [-0.3, -0.25) is 0 Å². The Morgan fingerprint density at radius 1 is 1.50 bits per heavy atom. The lowest BCUT2D eigenvalue weighted by Crippen LogP contribution is -2.03. The first kappa shape index (κ1) is 12.8. The second-order valence-electron chi connectivity index (χ2n) is 3.16. The quantitative estimate of drug-likeness (QED) is 0.795. The number of benzene rings is 1. The fraction of sp³-hybridized carbons (Fsp3) is 0.250. The van der Waals surface area contributed by atoms with Crippen LogP contribution < -0.4 is 0 Å². The van der Waals surface area contributed by atoms with Gasteiger partial charge in [-0.1, -0.05) is 28.1 Å². The van der Waals surface area contributed by atoms with Crippen molar-refractivity contribution in [1.82, 2.24) is 0 Å². The average Bonchev–Trinajstić information content (AvgIpc) is 2.28. The molecule has 0 aliphatic carbocycles. The van der Waals surface area contributed by atoms with Crippen LogP contribution in [0.3, 0.4) is 0 Å². The van der Waals surface area contributed by atoms with E-state index < -0.39 is 6.16 Å². The standard InChI is InChI=1S/C12H13BrO3/c1-9(6-7-16-12(14)15-2)10-4-3-5-11(13)8-10/h3-6,8H,7H2,1-2H3. The molecule has 0 heterocycles. The zero-order valence-electron chi connectivity index (χ0n) is 9.20. The number of methoxy groups -OCH3 is 1. The summed E-state index contributed by atoms with van der Waals surface area (Å²) in [5.41, 5.74) is 2.13. The number of hydrogen-bond donors (Lipinski definition) is 0. The highest BCUT2D eigenvalue weighted by Gasteiger charge is 1.99. The highest BCUT2D eigenvalue weighted by molar-refractivity contribution is 9.10. The van der Waals surface area contributed by atoms with Crippen molar-refractivity contribution in [2.75, 3.05) is 13.7 Å². The van der Waals surface area contributed by atoms with Crippen molar-refractivity contribution >= 4 is 27.7 Å². The highest BCUT2D eigenvalue weighted by Crippen LogP contribution is 2.18. The van der Waals surface area contributed by atoms with Crippen molar-refractivity contribution in [3.63, 3.8) is 0 Å². The molecule has 0 saturated heterocycles. The van der Waals surface area contributed by atoms with E-state index in [4.69, 9.17) is 4.74 Å². The molecule has 0 N–H and O–H groups in total. The predicted molar refractivity (Wildman–Crippen MR) is 66.2 cm³/mol. The summed E-state index contributed by atoms with van der Waals surface area (Å²) in [5.74, 6) is 0. The fourth-order valence-corrected chi connectivity index (χ4v) is 1.54. The minimum absolute atomic E-state index is 0.213. The number of halogens is 1. The van der Waals surface area contributed by atoms with Crippen molar-refractivity contribution in [3.05, 3.63) is 40.4 Å². The second-order valence-corrected chi connectivity index (χ2v) is 4.08. The molecule has 0 bridgehead atoms. The van der Waals surface area contributed by atoms with Gasteiger partial charge >= 0.3 is 6.16 Å². The molecule has 0 spiro atoms. The molecule has 16 heavy (non-hydrogen) atoms. The Labute approximate surface area is 103 Å². The molecule has 0 aliphatic rings. The van der Waals surface area contributed by atoms with Crippen LogP contribution in [-0.4, -0.2) is 19.9 Å². The van der Waals surface area contributed by atoms with Gasteiger partial charge in [0.25, 0.3) is 0 Å². The van der Waals surface area contributed by atoms with Crippen LogP contribution >= 0.6 is 15.9 Å². The lowest BCUT2D eigenvalue weighted by Gasteiger charge is -2.03. The molecule has 1 aromatic rings. The van der Waals surface area contributed by atoms with Crippen molar-refractivity contribution in [2.24, 2.45) is 0 Å². The van der Waals surface area contributed by atoms with E-state index in [1.807, 2.05) is 37.3 Å². The first-order chi connectivity index (χ1) is 7.63. The van der Waals surface area contributed by atoms with Gasteiger partial charge in [0.15, 0.2) is 0 Å². The summed E-state index contributed by atoms with van der Waals surface area (Å²) in [5, 5.41) is 0. The number of carbonyl (C=O) groups is 1. The number of ether oxygens (including phenoxy) is 2. The van der Waals surface area contributed by atoms with Gasteiger partial charge in [0.2, 0.25) is 0 Å². The van der Waals surface area contributed by atoms with Crippen molar-refractivity contribution in [1.29, 1.82) is 0 Å². The van der Waals surface area contributed by atoms with Gasteiger partial charge in [0.1, 0.15) is 6.61 Å². The minimum Gasteiger partial charge on any atom is -0.438 e. The summed E-state index contributed by atoms with van der Waals surface area (Å²) in [6.45, 7) is 2.17. The Morgan fingerprint density at radius 2 is 2.25 bits per heavy atom. The van der Waals surface area contributed by atoms with Crippen molar-refractivity contribution in [3.8, 4) is 0 Å². The summed E-state index contributed by atoms with van der Waals surface area (Å²) in [4.78, 5) is 10.7.